The Labute approximate surface area is 115 Å². The molecule has 3 atom stereocenters. The molecule has 7 heteroatoms. The molecule has 1 N–H and O–H groups in total. The molecule has 0 bridgehead atoms. The number of nitrogens with zero attached hydrogens (tertiary/aromatic N) is 3. The van der Waals surface area contributed by atoms with Crippen LogP contribution in [0.1, 0.15) is 19.0 Å². The van der Waals surface area contributed by atoms with Gasteiger partial charge in [0, 0.05) is 31.9 Å². The minimum absolute atomic E-state index is 0.209. The second-order valence-corrected chi connectivity index (χ2v) is 5.45. The van der Waals surface area contributed by atoms with Crippen LogP contribution in [0.5, 0.6) is 0 Å². The fourth-order valence-corrected chi connectivity index (χ4v) is 3.42. The zero-order valence-corrected chi connectivity index (χ0v) is 11.2. The Morgan fingerprint density at radius 1 is 1.40 bits per heavy atom. The Hall–Kier alpha value is -1.37. The molecule has 110 valence electrons. The quantitative estimate of drug-likeness (QED) is 0.902. The third-order valence-corrected chi connectivity index (χ3v) is 4.33. The summed E-state index contributed by atoms with van der Waals surface area (Å²) in [6.07, 6.45) is -2.33. The summed E-state index contributed by atoms with van der Waals surface area (Å²) in [5.74, 6) is 1.18. The molecule has 2 saturated heterocycles. The van der Waals surface area contributed by atoms with E-state index >= 15 is 0 Å². The van der Waals surface area contributed by atoms with Crippen molar-refractivity contribution in [2.45, 2.75) is 25.6 Å². The first kappa shape index (κ1) is 13.6. The fraction of sp³-hybridized carbons (Fsp3) is 0.692. The lowest BCUT2D eigenvalue weighted by molar-refractivity contribution is -0.141. The molecular weight excluding hydrogens is 269 g/mol. The Kier molecular flexibility index (Phi) is 3.32. The number of nitrogens with one attached hydrogen (secondary N) is 1. The number of alkyl halides is 3. The van der Waals surface area contributed by atoms with Crippen LogP contribution in [-0.2, 0) is 6.18 Å². The van der Waals surface area contributed by atoms with E-state index in [9.17, 15) is 13.2 Å². The predicted octanol–water partition coefficient (Wildman–Crippen LogP) is 1.93. The van der Waals surface area contributed by atoms with Crippen LogP contribution < -0.4 is 10.2 Å². The van der Waals surface area contributed by atoms with Gasteiger partial charge in [-0.1, -0.05) is 6.92 Å². The molecule has 0 amide bonds. The molecule has 3 rings (SSSR count). The van der Waals surface area contributed by atoms with Crippen LogP contribution in [0.4, 0.5) is 19.1 Å². The first-order valence-corrected chi connectivity index (χ1v) is 6.88. The monoisotopic (exact) mass is 286 g/mol. The van der Waals surface area contributed by atoms with E-state index in [1.807, 2.05) is 4.90 Å². The van der Waals surface area contributed by atoms with E-state index in [4.69, 9.17) is 0 Å². The maximum atomic E-state index is 12.7. The minimum atomic E-state index is -4.42. The van der Waals surface area contributed by atoms with Crippen LogP contribution in [0, 0.1) is 11.8 Å². The molecule has 0 aliphatic carbocycles. The van der Waals surface area contributed by atoms with Crippen molar-refractivity contribution in [2.24, 2.45) is 11.8 Å². The Bertz CT molecular complexity index is 491. The van der Waals surface area contributed by atoms with E-state index in [-0.39, 0.29) is 12.0 Å². The van der Waals surface area contributed by atoms with Gasteiger partial charge in [0.05, 0.1) is 0 Å². The molecule has 20 heavy (non-hydrogen) atoms. The molecule has 2 aliphatic rings. The van der Waals surface area contributed by atoms with Crippen molar-refractivity contribution < 1.29 is 13.2 Å². The van der Waals surface area contributed by atoms with Crippen molar-refractivity contribution in [1.29, 1.82) is 0 Å². The van der Waals surface area contributed by atoms with Gasteiger partial charge in [-0.25, -0.2) is 9.97 Å². The minimum Gasteiger partial charge on any atom is -0.337 e. The zero-order chi connectivity index (χ0) is 14.3. The molecule has 1 aromatic heterocycles. The molecule has 3 heterocycles. The van der Waals surface area contributed by atoms with E-state index < -0.39 is 11.9 Å². The number of hydrogen-bond acceptors (Lipinski definition) is 4. The third-order valence-electron chi connectivity index (χ3n) is 4.33. The summed E-state index contributed by atoms with van der Waals surface area (Å²) in [5.41, 5.74) is -0.868. The maximum Gasteiger partial charge on any atom is 0.433 e. The molecule has 0 saturated carbocycles. The summed E-state index contributed by atoms with van der Waals surface area (Å²) >= 11 is 0. The van der Waals surface area contributed by atoms with Crippen LogP contribution in [-0.4, -0.2) is 35.6 Å². The highest BCUT2D eigenvalue weighted by molar-refractivity contribution is 5.36. The zero-order valence-electron chi connectivity index (χ0n) is 11.2. The van der Waals surface area contributed by atoms with Crippen molar-refractivity contribution in [3.8, 4) is 0 Å². The molecule has 4 nitrogen and oxygen atoms in total. The molecule has 0 aromatic carbocycles. The summed E-state index contributed by atoms with van der Waals surface area (Å²) in [6.45, 7) is 4.65. The third kappa shape index (κ3) is 2.24. The summed E-state index contributed by atoms with van der Waals surface area (Å²) in [7, 11) is 0. The number of hydrogen-bond donors (Lipinski definition) is 1. The van der Waals surface area contributed by atoms with Crippen molar-refractivity contribution in [3.05, 3.63) is 18.0 Å². The van der Waals surface area contributed by atoms with E-state index in [1.54, 1.807) is 0 Å². The van der Waals surface area contributed by atoms with Crippen LogP contribution in [0.3, 0.4) is 0 Å². The lowest BCUT2D eigenvalue weighted by Crippen LogP contribution is -2.36. The Balaban J connectivity index is 1.89. The Morgan fingerprint density at radius 2 is 2.20 bits per heavy atom. The van der Waals surface area contributed by atoms with Crippen LogP contribution in [0.25, 0.3) is 0 Å². The van der Waals surface area contributed by atoms with Gasteiger partial charge in [-0.15, -0.1) is 0 Å². The highest BCUT2D eigenvalue weighted by Crippen LogP contribution is 2.37. The van der Waals surface area contributed by atoms with Gasteiger partial charge in [0.2, 0.25) is 5.95 Å². The molecule has 1 aromatic rings. The summed E-state index contributed by atoms with van der Waals surface area (Å²) < 4.78 is 38.2. The molecule has 3 unspecified atom stereocenters. The average molecular weight is 286 g/mol. The Morgan fingerprint density at radius 3 is 2.90 bits per heavy atom. The molecule has 0 radical (unpaired) electrons. The number of anilines is 1. The normalized spacial score (nSPS) is 29.8. The van der Waals surface area contributed by atoms with Crippen LogP contribution in [0.15, 0.2) is 12.3 Å². The highest BCUT2D eigenvalue weighted by atomic mass is 19.4. The van der Waals surface area contributed by atoms with Crippen molar-refractivity contribution in [2.75, 3.05) is 24.5 Å². The SMILES string of the molecule is CCC1C2CNCC2CN1c1nccc(C(F)(F)F)n1. The van der Waals surface area contributed by atoms with E-state index in [1.165, 1.54) is 6.20 Å². The van der Waals surface area contributed by atoms with Gasteiger partial charge >= 0.3 is 6.18 Å². The number of aromatic nitrogens is 2. The summed E-state index contributed by atoms with van der Waals surface area (Å²) in [4.78, 5) is 9.73. The molecule has 2 aliphatic heterocycles. The first-order valence-electron chi connectivity index (χ1n) is 6.88. The number of fused-ring (bicyclic) bond motifs is 1. The summed E-state index contributed by atoms with van der Waals surface area (Å²) in [6, 6.07) is 1.14. The maximum absolute atomic E-state index is 12.7. The average Bonchev–Trinajstić information content (AvgIpc) is 2.97. The lowest BCUT2D eigenvalue weighted by Gasteiger charge is -2.27. The molecule has 2 fully saturated rings. The van der Waals surface area contributed by atoms with Gasteiger partial charge in [-0.3, -0.25) is 0 Å². The second-order valence-electron chi connectivity index (χ2n) is 5.45. The fourth-order valence-electron chi connectivity index (χ4n) is 3.42. The van der Waals surface area contributed by atoms with Crippen LogP contribution >= 0.6 is 0 Å². The van der Waals surface area contributed by atoms with Crippen molar-refractivity contribution >= 4 is 5.95 Å². The van der Waals surface area contributed by atoms with Gasteiger partial charge in [0.25, 0.3) is 0 Å². The molecular formula is C13H17F3N4. The standard InChI is InChI=1S/C13H17F3N4/c1-2-10-9-6-17-5-8(9)7-20(10)12-18-4-3-11(19-12)13(14,15)16/h3-4,8-10,17H,2,5-7H2,1H3. The van der Waals surface area contributed by atoms with E-state index in [0.29, 0.717) is 11.8 Å². The number of rotatable bonds is 2. The topological polar surface area (TPSA) is 41.0 Å². The van der Waals surface area contributed by atoms with Gasteiger partial charge in [0.15, 0.2) is 0 Å². The molecule has 0 spiro atoms. The smallest absolute Gasteiger partial charge is 0.337 e. The van der Waals surface area contributed by atoms with Gasteiger partial charge < -0.3 is 10.2 Å². The van der Waals surface area contributed by atoms with E-state index in [0.717, 1.165) is 32.1 Å². The van der Waals surface area contributed by atoms with Crippen LogP contribution in [0.2, 0.25) is 0 Å². The van der Waals surface area contributed by atoms with Gasteiger partial charge in [0.1, 0.15) is 5.69 Å². The van der Waals surface area contributed by atoms with Gasteiger partial charge in [-0.2, -0.15) is 13.2 Å². The lowest BCUT2D eigenvalue weighted by atomic mass is 9.93. The highest BCUT2D eigenvalue weighted by Gasteiger charge is 2.44. The largest absolute Gasteiger partial charge is 0.433 e. The van der Waals surface area contributed by atoms with Gasteiger partial charge in [-0.05, 0) is 24.3 Å². The van der Waals surface area contributed by atoms with Crippen molar-refractivity contribution in [3.63, 3.8) is 0 Å². The summed E-state index contributed by atoms with van der Waals surface area (Å²) in [5, 5.41) is 3.35. The predicted molar refractivity (Wildman–Crippen MR) is 68.3 cm³/mol. The number of halogens is 3. The van der Waals surface area contributed by atoms with Crippen molar-refractivity contribution in [1.82, 2.24) is 15.3 Å². The first-order chi connectivity index (χ1) is 9.50. The van der Waals surface area contributed by atoms with E-state index in [2.05, 4.69) is 22.2 Å². The second kappa shape index (κ2) is 4.87.